The number of fused-ring (bicyclic) bond motifs is 1. The molecule has 0 aliphatic heterocycles. The second kappa shape index (κ2) is 8.33. The summed E-state index contributed by atoms with van der Waals surface area (Å²) in [5.74, 6) is -1.43. The number of likely N-dealkylation sites (N-methyl/N-ethyl adjacent to an activating group) is 1. The number of hydrogen-bond acceptors (Lipinski definition) is 5. The minimum Gasteiger partial charge on any atom is -0.480 e. The van der Waals surface area contributed by atoms with E-state index in [1.54, 1.807) is 12.1 Å². The molecule has 6 nitrogen and oxygen atoms in total. The molecule has 0 bridgehead atoms. The Kier molecular flexibility index (Phi) is 6.08. The van der Waals surface area contributed by atoms with Crippen LogP contribution in [-0.2, 0) is 16.1 Å². The standard InChI is InChI=1S/C19H23FN2O4S/c1-3-22(9-16(23)24)12-7-11(8-12)21-19(25)18-13(10-26-2)17-14(20)5-4-6-15(17)27-18/h4-6,11-12H,3,7-10H2,1-2H3,(H,21,25)(H,23,24). The molecule has 1 aliphatic rings. The maximum Gasteiger partial charge on any atom is 0.317 e. The summed E-state index contributed by atoms with van der Waals surface area (Å²) in [6, 6.07) is 4.97. The normalized spacial score (nSPS) is 19.3. The fourth-order valence-corrected chi connectivity index (χ4v) is 4.69. The van der Waals surface area contributed by atoms with Crippen molar-refractivity contribution in [2.45, 2.75) is 38.5 Å². The predicted octanol–water partition coefficient (Wildman–Crippen LogP) is 2.85. The van der Waals surface area contributed by atoms with Crippen LogP contribution < -0.4 is 5.32 Å². The molecule has 27 heavy (non-hydrogen) atoms. The van der Waals surface area contributed by atoms with Gasteiger partial charge in [-0.2, -0.15) is 0 Å². The summed E-state index contributed by atoms with van der Waals surface area (Å²) < 4.78 is 20.1. The number of benzene rings is 1. The van der Waals surface area contributed by atoms with E-state index >= 15 is 0 Å². The van der Waals surface area contributed by atoms with Crippen molar-refractivity contribution in [2.24, 2.45) is 0 Å². The Morgan fingerprint density at radius 1 is 1.41 bits per heavy atom. The third-order valence-corrected chi connectivity index (χ3v) is 6.16. The molecule has 1 aliphatic carbocycles. The number of thiophene rings is 1. The van der Waals surface area contributed by atoms with Crippen LogP contribution in [0.2, 0.25) is 0 Å². The van der Waals surface area contributed by atoms with Gasteiger partial charge in [-0.1, -0.05) is 13.0 Å². The fourth-order valence-electron chi connectivity index (χ4n) is 3.56. The van der Waals surface area contributed by atoms with Gasteiger partial charge in [-0.05, 0) is 31.5 Å². The molecule has 1 heterocycles. The molecule has 1 amide bonds. The maximum absolute atomic E-state index is 14.2. The summed E-state index contributed by atoms with van der Waals surface area (Å²) in [6.07, 6.45) is 1.43. The Labute approximate surface area is 160 Å². The van der Waals surface area contributed by atoms with E-state index in [0.717, 1.165) is 4.70 Å². The number of rotatable bonds is 8. The van der Waals surface area contributed by atoms with E-state index in [9.17, 15) is 14.0 Å². The van der Waals surface area contributed by atoms with E-state index < -0.39 is 5.97 Å². The van der Waals surface area contributed by atoms with Gasteiger partial charge in [0.15, 0.2) is 0 Å². The topological polar surface area (TPSA) is 78.9 Å². The Balaban J connectivity index is 1.70. The minimum atomic E-state index is -0.846. The predicted molar refractivity (Wildman–Crippen MR) is 102 cm³/mol. The van der Waals surface area contributed by atoms with Gasteiger partial charge < -0.3 is 15.2 Å². The molecule has 2 N–H and O–H groups in total. The van der Waals surface area contributed by atoms with Crippen molar-refractivity contribution in [2.75, 3.05) is 20.2 Å². The number of nitrogens with one attached hydrogen (secondary N) is 1. The summed E-state index contributed by atoms with van der Waals surface area (Å²) in [7, 11) is 1.52. The number of ether oxygens (including phenoxy) is 1. The number of halogens is 1. The lowest BCUT2D eigenvalue weighted by Crippen LogP contribution is -2.54. The van der Waals surface area contributed by atoms with Crippen molar-refractivity contribution in [1.29, 1.82) is 0 Å². The first-order valence-electron chi connectivity index (χ1n) is 8.90. The van der Waals surface area contributed by atoms with Gasteiger partial charge >= 0.3 is 5.97 Å². The highest BCUT2D eigenvalue weighted by Crippen LogP contribution is 2.34. The number of hydrogen-bond donors (Lipinski definition) is 2. The van der Waals surface area contributed by atoms with Gasteiger partial charge in [0.25, 0.3) is 5.91 Å². The Hall–Kier alpha value is -2.03. The molecule has 0 spiro atoms. The largest absolute Gasteiger partial charge is 0.480 e. The quantitative estimate of drug-likeness (QED) is 0.720. The molecule has 0 atom stereocenters. The first-order valence-corrected chi connectivity index (χ1v) is 9.71. The molecule has 0 saturated heterocycles. The molecule has 2 aromatic rings. The first kappa shape index (κ1) is 19.7. The van der Waals surface area contributed by atoms with Crippen molar-refractivity contribution in [1.82, 2.24) is 10.2 Å². The number of amides is 1. The van der Waals surface area contributed by atoms with E-state index in [4.69, 9.17) is 9.84 Å². The lowest BCUT2D eigenvalue weighted by atomic mass is 9.85. The summed E-state index contributed by atoms with van der Waals surface area (Å²) >= 11 is 1.26. The van der Waals surface area contributed by atoms with E-state index in [2.05, 4.69) is 5.32 Å². The van der Waals surface area contributed by atoms with Crippen molar-refractivity contribution < 1.29 is 23.8 Å². The molecule has 0 radical (unpaired) electrons. The van der Waals surface area contributed by atoms with E-state index in [-0.39, 0.29) is 37.0 Å². The van der Waals surface area contributed by atoms with Crippen molar-refractivity contribution >= 4 is 33.3 Å². The highest BCUT2D eigenvalue weighted by atomic mass is 32.1. The second-order valence-electron chi connectivity index (χ2n) is 6.71. The molecule has 0 unspecified atom stereocenters. The zero-order valence-corrected chi connectivity index (χ0v) is 16.1. The fraction of sp³-hybridized carbons (Fsp3) is 0.474. The molecule has 1 fully saturated rings. The molecule has 1 saturated carbocycles. The van der Waals surface area contributed by atoms with Crippen LogP contribution in [0.25, 0.3) is 10.1 Å². The molecule has 1 aromatic heterocycles. The number of carbonyl (C=O) groups excluding carboxylic acids is 1. The first-order chi connectivity index (χ1) is 12.9. The van der Waals surface area contributed by atoms with Crippen LogP contribution in [0.15, 0.2) is 18.2 Å². The number of methoxy groups -OCH3 is 1. The SMILES string of the molecule is CCN(CC(=O)O)C1CC(NC(=O)c2sc3cccc(F)c3c2COC)C1. The van der Waals surface area contributed by atoms with Gasteiger partial charge in [0, 0.05) is 34.8 Å². The average Bonchev–Trinajstić information content (AvgIpc) is 2.96. The monoisotopic (exact) mass is 394 g/mol. The van der Waals surface area contributed by atoms with Crippen LogP contribution in [0.3, 0.4) is 0 Å². The van der Waals surface area contributed by atoms with Gasteiger partial charge in [-0.15, -0.1) is 11.3 Å². The molecule has 146 valence electrons. The number of carboxylic acid groups (broad SMARTS) is 1. The zero-order valence-electron chi connectivity index (χ0n) is 15.3. The number of nitrogens with zero attached hydrogens (tertiary/aromatic N) is 1. The molecule has 8 heteroatoms. The minimum absolute atomic E-state index is 0.00389. The molecular formula is C19H23FN2O4S. The van der Waals surface area contributed by atoms with E-state index in [1.165, 1.54) is 24.5 Å². The Morgan fingerprint density at radius 2 is 2.15 bits per heavy atom. The second-order valence-corrected chi connectivity index (χ2v) is 7.76. The van der Waals surface area contributed by atoms with Gasteiger partial charge in [0.05, 0.1) is 18.0 Å². The highest BCUT2D eigenvalue weighted by Gasteiger charge is 2.35. The highest BCUT2D eigenvalue weighted by molar-refractivity contribution is 7.21. The number of carboxylic acids is 1. The molecule has 1 aromatic carbocycles. The zero-order chi connectivity index (χ0) is 19.6. The van der Waals surface area contributed by atoms with Gasteiger partial charge in [0.2, 0.25) is 0 Å². The summed E-state index contributed by atoms with van der Waals surface area (Å²) in [4.78, 5) is 26.0. The van der Waals surface area contributed by atoms with Crippen LogP contribution in [0.4, 0.5) is 4.39 Å². The summed E-state index contributed by atoms with van der Waals surface area (Å²) in [5, 5.41) is 12.4. The van der Waals surface area contributed by atoms with Crippen LogP contribution >= 0.6 is 11.3 Å². The maximum atomic E-state index is 14.2. The van der Waals surface area contributed by atoms with E-state index in [1.807, 2.05) is 11.8 Å². The summed E-state index contributed by atoms with van der Waals surface area (Å²) in [5.41, 5.74) is 0.574. The third kappa shape index (κ3) is 4.12. The molecular weight excluding hydrogens is 371 g/mol. The average molecular weight is 394 g/mol. The van der Waals surface area contributed by atoms with E-state index in [0.29, 0.717) is 35.2 Å². The lowest BCUT2D eigenvalue weighted by Gasteiger charge is -2.42. The number of carbonyl (C=O) groups is 2. The van der Waals surface area contributed by atoms with Crippen LogP contribution in [0.1, 0.15) is 35.0 Å². The van der Waals surface area contributed by atoms with Crippen molar-refractivity contribution in [3.63, 3.8) is 0 Å². The van der Waals surface area contributed by atoms with Crippen molar-refractivity contribution in [3.05, 3.63) is 34.5 Å². The van der Waals surface area contributed by atoms with Gasteiger partial charge in [-0.3, -0.25) is 14.5 Å². The Morgan fingerprint density at radius 3 is 2.78 bits per heavy atom. The summed E-state index contributed by atoms with van der Waals surface area (Å²) in [6.45, 7) is 2.76. The Bertz CT molecular complexity index is 848. The van der Waals surface area contributed by atoms with Gasteiger partial charge in [0.1, 0.15) is 5.82 Å². The van der Waals surface area contributed by atoms with Crippen LogP contribution in [0.5, 0.6) is 0 Å². The van der Waals surface area contributed by atoms with Gasteiger partial charge in [-0.25, -0.2) is 4.39 Å². The van der Waals surface area contributed by atoms with Crippen LogP contribution in [0, 0.1) is 5.82 Å². The van der Waals surface area contributed by atoms with Crippen molar-refractivity contribution in [3.8, 4) is 0 Å². The lowest BCUT2D eigenvalue weighted by molar-refractivity contribution is -0.139. The number of aliphatic carboxylic acids is 1. The smallest absolute Gasteiger partial charge is 0.317 e. The van der Waals surface area contributed by atoms with Crippen LogP contribution in [-0.4, -0.2) is 54.2 Å². The molecule has 3 rings (SSSR count). The third-order valence-electron chi connectivity index (χ3n) is 4.97.